The van der Waals surface area contributed by atoms with Crippen molar-refractivity contribution in [1.82, 2.24) is 14.5 Å². The molecule has 0 fully saturated rings. The van der Waals surface area contributed by atoms with E-state index in [1.54, 1.807) is 17.5 Å². The smallest absolute Gasteiger partial charge is 0.0946 e. The number of imidazole rings is 1. The van der Waals surface area contributed by atoms with Gasteiger partial charge in [0.2, 0.25) is 0 Å². The van der Waals surface area contributed by atoms with Crippen LogP contribution in [0.15, 0.2) is 24.2 Å². The first-order chi connectivity index (χ1) is 8.22. The highest BCUT2D eigenvalue weighted by Crippen LogP contribution is 2.31. The summed E-state index contributed by atoms with van der Waals surface area (Å²) in [6.45, 7) is 2.88. The van der Waals surface area contributed by atoms with Crippen LogP contribution in [0.1, 0.15) is 16.5 Å². The fourth-order valence-electron chi connectivity index (χ4n) is 1.78. The van der Waals surface area contributed by atoms with Gasteiger partial charge < -0.3 is 4.57 Å². The average molecular weight is 285 g/mol. The van der Waals surface area contributed by atoms with Gasteiger partial charge in [-0.1, -0.05) is 0 Å². The van der Waals surface area contributed by atoms with E-state index < -0.39 is 0 Å². The van der Waals surface area contributed by atoms with Crippen molar-refractivity contribution in [2.45, 2.75) is 24.6 Å². The summed E-state index contributed by atoms with van der Waals surface area (Å²) in [4.78, 5) is 9.63. The maximum Gasteiger partial charge on any atom is 0.0946 e. The van der Waals surface area contributed by atoms with E-state index in [0.717, 1.165) is 18.0 Å². The van der Waals surface area contributed by atoms with Crippen LogP contribution in [0.4, 0.5) is 0 Å². The Kier molecular flexibility index (Phi) is 4.53. The van der Waals surface area contributed by atoms with Crippen LogP contribution in [-0.2, 0) is 6.54 Å². The zero-order valence-electron chi connectivity index (χ0n) is 9.52. The van der Waals surface area contributed by atoms with Crippen LogP contribution in [0.3, 0.4) is 0 Å². The zero-order chi connectivity index (χ0) is 12.3. The molecule has 0 saturated heterocycles. The number of nitrogens with zero attached hydrogens (tertiary/aromatic N) is 3. The summed E-state index contributed by atoms with van der Waals surface area (Å²) in [7, 11) is 0. The third kappa shape index (κ3) is 3.05. The van der Waals surface area contributed by atoms with Gasteiger partial charge in [-0.15, -0.1) is 11.3 Å². The van der Waals surface area contributed by atoms with Crippen molar-refractivity contribution >= 4 is 36.6 Å². The first-order valence-electron chi connectivity index (χ1n) is 5.37. The van der Waals surface area contributed by atoms with E-state index >= 15 is 0 Å². The Labute approximate surface area is 116 Å². The fraction of sp³-hybridized carbons (Fsp3) is 0.455. The van der Waals surface area contributed by atoms with E-state index in [2.05, 4.69) is 22.6 Å². The van der Waals surface area contributed by atoms with Crippen LogP contribution >= 0.6 is 36.6 Å². The number of thiazole rings is 1. The topological polar surface area (TPSA) is 30.7 Å². The molecule has 0 radical (unpaired) electrons. The maximum absolute atomic E-state index is 4.71. The van der Waals surface area contributed by atoms with Crippen LogP contribution < -0.4 is 0 Å². The molecule has 2 rings (SSSR count). The van der Waals surface area contributed by atoms with E-state index in [1.165, 1.54) is 4.88 Å². The lowest BCUT2D eigenvalue weighted by Gasteiger charge is -2.21. The summed E-state index contributed by atoms with van der Waals surface area (Å²) >= 11 is 10.8. The van der Waals surface area contributed by atoms with Crippen LogP contribution in [0.25, 0.3) is 0 Å². The predicted octanol–water partition coefficient (Wildman–Crippen LogP) is 2.66. The van der Waals surface area contributed by atoms with Crippen molar-refractivity contribution in [3.8, 4) is 0 Å². The van der Waals surface area contributed by atoms with Crippen molar-refractivity contribution in [2.24, 2.45) is 0 Å². The molecular formula is C11H15N3S3. The Hall–Kier alpha value is -0.460. The molecule has 6 heteroatoms. The Bertz CT molecular complexity index is 452. The third-order valence-corrected chi connectivity index (χ3v) is 4.72. The number of aryl methyl sites for hydroxylation is 1. The van der Waals surface area contributed by atoms with Gasteiger partial charge in [0, 0.05) is 35.0 Å². The summed E-state index contributed by atoms with van der Waals surface area (Å²) < 4.78 is 2.05. The lowest BCUT2D eigenvalue weighted by atomic mass is 10.0. The monoisotopic (exact) mass is 285 g/mol. The Balaban J connectivity index is 2.11. The van der Waals surface area contributed by atoms with Crippen molar-refractivity contribution in [1.29, 1.82) is 0 Å². The maximum atomic E-state index is 4.71. The van der Waals surface area contributed by atoms with Gasteiger partial charge in [0.05, 0.1) is 17.5 Å². The van der Waals surface area contributed by atoms with Crippen LogP contribution in [0.5, 0.6) is 0 Å². The number of rotatable bonds is 5. The first-order valence-corrected chi connectivity index (χ1v) is 7.40. The van der Waals surface area contributed by atoms with Gasteiger partial charge in [-0.3, -0.25) is 0 Å². The third-order valence-electron chi connectivity index (χ3n) is 2.74. The summed E-state index contributed by atoms with van der Waals surface area (Å²) in [6.07, 6.45) is 5.56. The van der Waals surface area contributed by atoms with E-state index in [-0.39, 0.29) is 5.25 Å². The lowest BCUT2D eigenvalue weighted by molar-refractivity contribution is 0.603. The van der Waals surface area contributed by atoms with Gasteiger partial charge in [0.15, 0.2) is 0 Å². The molecule has 2 unspecified atom stereocenters. The molecule has 2 atom stereocenters. The summed E-state index contributed by atoms with van der Waals surface area (Å²) in [5, 5.41) is 0.223. The molecular weight excluding hydrogens is 270 g/mol. The standard InChI is InChI=1S/C11H15N3S3/c1-8-11(17-7-13-8)9(5-15)10(16)4-14-3-2-12-6-14/h2-3,6-7,9-10,15-16H,4-5H2,1H3. The molecule has 0 aliphatic rings. The molecule has 0 N–H and O–H groups in total. The first kappa shape index (κ1) is 13.0. The second-order valence-corrected chi connectivity index (χ2v) is 5.83. The van der Waals surface area contributed by atoms with Crippen LogP contribution in [0.2, 0.25) is 0 Å². The van der Waals surface area contributed by atoms with Crippen LogP contribution in [-0.4, -0.2) is 25.5 Å². The molecule has 0 amide bonds. The van der Waals surface area contributed by atoms with Crippen LogP contribution in [0, 0.1) is 6.92 Å². The molecule has 0 bridgehead atoms. The summed E-state index contributed by atoms with van der Waals surface area (Å²) in [5.74, 6) is 1.11. The highest BCUT2D eigenvalue weighted by molar-refractivity contribution is 7.81. The molecule has 0 aliphatic carbocycles. The number of thiol groups is 2. The van der Waals surface area contributed by atoms with Gasteiger partial charge >= 0.3 is 0 Å². The van der Waals surface area contributed by atoms with Crippen molar-refractivity contribution in [2.75, 3.05) is 5.75 Å². The Morgan fingerprint density at radius 3 is 2.88 bits per heavy atom. The lowest BCUT2D eigenvalue weighted by Crippen LogP contribution is -2.20. The largest absolute Gasteiger partial charge is 0.336 e. The minimum Gasteiger partial charge on any atom is -0.336 e. The molecule has 0 saturated carbocycles. The van der Waals surface area contributed by atoms with Crippen molar-refractivity contribution in [3.05, 3.63) is 34.8 Å². The van der Waals surface area contributed by atoms with Crippen molar-refractivity contribution in [3.63, 3.8) is 0 Å². The minimum atomic E-state index is 0.223. The highest BCUT2D eigenvalue weighted by atomic mass is 32.1. The summed E-state index contributed by atoms with van der Waals surface area (Å²) in [5.41, 5.74) is 2.98. The number of aromatic nitrogens is 3. The molecule has 2 aromatic heterocycles. The molecule has 0 aliphatic heterocycles. The SMILES string of the molecule is Cc1ncsc1C(CS)C(S)Cn1ccnc1. The molecule has 0 aromatic carbocycles. The molecule has 0 spiro atoms. The minimum absolute atomic E-state index is 0.223. The second-order valence-electron chi connectivity index (χ2n) is 3.92. The fourth-order valence-corrected chi connectivity index (χ4v) is 4.02. The second kappa shape index (κ2) is 5.93. The Morgan fingerprint density at radius 1 is 1.53 bits per heavy atom. The molecule has 2 aromatic rings. The average Bonchev–Trinajstić information content (AvgIpc) is 2.92. The molecule has 92 valence electrons. The Morgan fingerprint density at radius 2 is 2.35 bits per heavy atom. The van der Waals surface area contributed by atoms with E-state index in [9.17, 15) is 0 Å². The zero-order valence-corrected chi connectivity index (χ0v) is 12.1. The molecule has 3 nitrogen and oxygen atoms in total. The van der Waals surface area contributed by atoms with Crippen molar-refractivity contribution < 1.29 is 0 Å². The number of hydrogen-bond donors (Lipinski definition) is 2. The van der Waals surface area contributed by atoms with E-state index in [4.69, 9.17) is 12.6 Å². The molecule has 2 heterocycles. The van der Waals surface area contributed by atoms with Gasteiger partial charge in [-0.05, 0) is 12.7 Å². The van der Waals surface area contributed by atoms with Gasteiger partial charge in [0.25, 0.3) is 0 Å². The van der Waals surface area contributed by atoms with Gasteiger partial charge in [-0.25, -0.2) is 9.97 Å². The highest BCUT2D eigenvalue weighted by Gasteiger charge is 2.22. The van der Waals surface area contributed by atoms with Gasteiger partial charge in [0.1, 0.15) is 0 Å². The number of hydrogen-bond acceptors (Lipinski definition) is 5. The predicted molar refractivity (Wildman–Crippen MR) is 78.4 cm³/mol. The normalized spacial score (nSPS) is 14.8. The van der Waals surface area contributed by atoms with E-state index in [1.807, 2.05) is 29.5 Å². The molecule has 17 heavy (non-hydrogen) atoms. The quantitative estimate of drug-likeness (QED) is 0.828. The van der Waals surface area contributed by atoms with Gasteiger partial charge in [-0.2, -0.15) is 25.3 Å². The van der Waals surface area contributed by atoms with E-state index in [0.29, 0.717) is 5.92 Å². The summed E-state index contributed by atoms with van der Waals surface area (Å²) in [6, 6.07) is 0.